The molecule has 0 aromatic rings. The van der Waals surface area contributed by atoms with Gasteiger partial charge in [0.25, 0.3) is 0 Å². The normalized spacial score (nSPS) is 17.9. The first-order valence-electron chi connectivity index (χ1n) is 3.43. The average molecular weight is 173 g/mol. The van der Waals surface area contributed by atoms with E-state index in [-0.39, 0.29) is 11.7 Å². The molecule has 62 valence electrons. The maximum Gasteiger partial charge on any atom is 0.232 e. The van der Waals surface area contributed by atoms with E-state index in [0.29, 0.717) is 25.5 Å². The first-order valence-corrected chi connectivity index (χ1v) is 4.06. The van der Waals surface area contributed by atoms with Crippen LogP contribution in [-0.2, 0) is 9.53 Å². The minimum atomic E-state index is 0.0396. The topological polar surface area (TPSA) is 29.5 Å². The lowest BCUT2D eigenvalue weighted by molar-refractivity contribution is -0.130. The van der Waals surface area contributed by atoms with Gasteiger partial charge in [0.15, 0.2) is 0 Å². The number of nitrogens with zero attached hydrogens (tertiary/aromatic N) is 1. The highest BCUT2D eigenvalue weighted by Crippen LogP contribution is 2.06. The second kappa shape index (κ2) is 3.67. The molecule has 4 heteroatoms. The van der Waals surface area contributed by atoms with Crippen LogP contribution in [-0.4, -0.2) is 36.3 Å². The van der Waals surface area contributed by atoms with Crippen molar-refractivity contribution in [2.24, 2.45) is 0 Å². The Morgan fingerprint density at radius 3 is 3.09 bits per heavy atom. The molecule has 1 fully saturated rings. The van der Waals surface area contributed by atoms with E-state index < -0.39 is 0 Å². The molecule has 1 heterocycles. The third kappa shape index (κ3) is 2.15. The number of morpholine rings is 1. The van der Waals surface area contributed by atoms with Crippen molar-refractivity contribution in [3.05, 3.63) is 12.3 Å². The predicted molar refractivity (Wildman–Crippen MR) is 45.5 cm³/mol. The van der Waals surface area contributed by atoms with Gasteiger partial charge in [-0.25, -0.2) is 0 Å². The molecule has 0 aliphatic carbocycles. The summed E-state index contributed by atoms with van der Waals surface area (Å²) in [5.74, 6) is 0.956. The van der Waals surface area contributed by atoms with Gasteiger partial charge in [0, 0.05) is 0 Å². The summed E-state index contributed by atoms with van der Waals surface area (Å²) in [6.07, 6.45) is 0. The lowest BCUT2D eigenvalue weighted by Gasteiger charge is -2.27. The van der Waals surface area contributed by atoms with E-state index in [1.165, 1.54) is 0 Å². The smallest absolute Gasteiger partial charge is 0.232 e. The minimum absolute atomic E-state index is 0.0396. The third-order valence-electron chi connectivity index (χ3n) is 1.52. The number of amides is 1. The molecular weight excluding hydrogens is 162 g/mol. The molecule has 1 saturated heterocycles. The standard InChI is InChI=1S/C7H11NO2S/c1-6-4-8(2-3-10-6)7(9)5-11/h11H,1-5H2. The Bertz CT molecular complexity index is 181. The number of hydrogen-bond acceptors (Lipinski definition) is 3. The number of ether oxygens (including phenoxy) is 1. The lowest BCUT2D eigenvalue weighted by Crippen LogP contribution is -2.40. The number of rotatable bonds is 1. The molecule has 0 aromatic heterocycles. The second-order valence-corrected chi connectivity index (χ2v) is 2.68. The van der Waals surface area contributed by atoms with Crippen LogP contribution in [0.4, 0.5) is 0 Å². The van der Waals surface area contributed by atoms with Crippen molar-refractivity contribution in [1.29, 1.82) is 0 Å². The van der Waals surface area contributed by atoms with Gasteiger partial charge < -0.3 is 9.64 Å². The number of carbonyl (C=O) groups excluding carboxylic acids is 1. The van der Waals surface area contributed by atoms with Gasteiger partial charge in [-0.05, 0) is 0 Å². The van der Waals surface area contributed by atoms with Gasteiger partial charge in [-0.3, -0.25) is 4.79 Å². The maximum atomic E-state index is 11.1. The molecule has 0 unspecified atom stereocenters. The first kappa shape index (κ1) is 8.46. The quantitative estimate of drug-likeness (QED) is 0.577. The van der Waals surface area contributed by atoms with Crippen molar-refractivity contribution in [2.75, 3.05) is 25.4 Å². The zero-order chi connectivity index (χ0) is 8.27. The van der Waals surface area contributed by atoms with Crippen molar-refractivity contribution in [2.45, 2.75) is 0 Å². The molecule has 1 aliphatic rings. The predicted octanol–water partition coefficient (Wildman–Crippen LogP) is 0.289. The highest BCUT2D eigenvalue weighted by Gasteiger charge is 2.17. The Morgan fingerprint density at radius 2 is 2.55 bits per heavy atom. The third-order valence-corrected chi connectivity index (χ3v) is 1.79. The highest BCUT2D eigenvalue weighted by atomic mass is 32.1. The molecule has 1 rings (SSSR count). The van der Waals surface area contributed by atoms with Gasteiger partial charge in [0.2, 0.25) is 5.91 Å². The van der Waals surface area contributed by atoms with Gasteiger partial charge in [0.1, 0.15) is 12.4 Å². The van der Waals surface area contributed by atoms with E-state index in [4.69, 9.17) is 4.74 Å². The van der Waals surface area contributed by atoms with Crippen molar-refractivity contribution >= 4 is 18.5 Å². The molecule has 0 bridgehead atoms. The Labute approximate surface area is 71.4 Å². The summed E-state index contributed by atoms with van der Waals surface area (Å²) in [5, 5.41) is 0. The van der Waals surface area contributed by atoms with E-state index in [9.17, 15) is 4.79 Å². The van der Waals surface area contributed by atoms with Crippen LogP contribution in [0, 0.1) is 0 Å². The lowest BCUT2D eigenvalue weighted by atomic mass is 10.4. The molecule has 0 aromatic carbocycles. The molecule has 0 atom stereocenters. The molecule has 0 radical (unpaired) electrons. The van der Waals surface area contributed by atoms with Gasteiger partial charge in [-0.1, -0.05) is 6.58 Å². The summed E-state index contributed by atoms with van der Waals surface area (Å²) in [5.41, 5.74) is 0. The van der Waals surface area contributed by atoms with Crippen LogP contribution in [0.15, 0.2) is 12.3 Å². The van der Waals surface area contributed by atoms with Gasteiger partial charge in [-0.15, -0.1) is 0 Å². The van der Waals surface area contributed by atoms with Crippen molar-refractivity contribution < 1.29 is 9.53 Å². The van der Waals surface area contributed by atoms with Crippen LogP contribution >= 0.6 is 12.6 Å². The molecule has 11 heavy (non-hydrogen) atoms. The summed E-state index contributed by atoms with van der Waals surface area (Å²) >= 11 is 3.89. The second-order valence-electron chi connectivity index (χ2n) is 2.36. The van der Waals surface area contributed by atoms with Gasteiger partial charge >= 0.3 is 0 Å². The van der Waals surface area contributed by atoms with E-state index in [2.05, 4.69) is 19.2 Å². The Kier molecular flexibility index (Phi) is 2.82. The fourth-order valence-corrected chi connectivity index (χ4v) is 1.15. The van der Waals surface area contributed by atoms with E-state index >= 15 is 0 Å². The van der Waals surface area contributed by atoms with Crippen LogP contribution in [0.2, 0.25) is 0 Å². The Balaban J connectivity index is 2.45. The van der Waals surface area contributed by atoms with Crippen LogP contribution in [0.1, 0.15) is 0 Å². The molecule has 0 N–H and O–H groups in total. The fraction of sp³-hybridized carbons (Fsp3) is 0.571. The van der Waals surface area contributed by atoms with E-state index in [1.807, 2.05) is 0 Å². The molecular formula is C7H11NO2S. The first-order chi connectivity index (χ1) is 5.24. The number of hydrogen-bond donors (Lipinski definition) is 1. The average Bonchev–Trinajstić information content (AvgIpc) is 2.03. The highest BCUT2D eigenvalue weighted by molar-refractivity contribution is 7.81. The Morgan fingerprint density at radius 1 is 1.82 bits per heavy atom. The largest absolute Gasteiger partial charge is 0.495 e. The zero-order valence-corrected chi connectivity index (χ0v) is 7.14. The number of thiol groups is 1. The summed E-state index contributed by atoms with van der Waals surface area (Å²) in [4.78, 5) is 12.8. The summed E-state index contributed by atoms with van der Waals surface area (Å²) in [6.45, 7) is 5.36. The molecule has 1 aliphatic heterocycles. The molecule has 0 saturated carbocycles. The van der Waals surface area contributed by atoms with Crippen LogP contribution in [0.5, 0.6) is 0 Å². The summed E-state index contributed by atoms with van der Waals surface area (Å²) in [6, 6.07) is 0. The Hall–Kier alpha value is -0.640. The van der Waals surface area contributed by atoms with E-state index in [1.54, 1.807) is 4.90 Å². The van der Waals surface area contributed by atoms with E-state index in [0.717, 1.165) is 0 Å². The van der Waals surface area contributed by atoms with Gasteiger partial charge in [0.05, 0.1) is 18.8 Å². The van der Waals surface area contributed by atoms with Crippen LogP contribution in [0.3, 0.4) is 0 Å². The fourth-order valence-electron chi connectivity index (χ4n) is 0.951. The van der Waals surface area contributed by atoms with Crippen LogP contribution in [0.25, 0.3) is 0 Å². The minimum Gasteiger partial charge on any atom is -0.495 e. The summed E-state index contributed by atoms with van der Waals surface area (Å²) < 4.78 is 5.09. The molecule has 3 nitrogen and oxygen atoms in total. The maximum absolute atomic E-state index is 11.1. The molecule has 0 spiro atoms. The van der Waals surface area contributed by atoms with Crippen LogP contribution < -0.4 is 0 Å². The van der Waals surface area contributed by atoms with Crippen molar-refractivity contribution in [3.63, 3.8) is 0 Å². The zero-order valence-electron chi connectivity index (χ0n) is 6.25. The van der Waals surface area contributed by atoms with Crippen molar-refractivity contribution in [1.82, 2.24) is 4.90 Å². The summed E-state index contributed by atoms with van der Waals surface area (Å²) in [7, 11) is 0. The monoisotopic (exact) mass is 173 g/mol. The number of carbonyl (C=O) groups is 1. The SMILES string of the molecule is C=C1CN(C(=O)CS)CCO1. The van der Waals surface area contributed by atoms with Crippen molar-refractivity contribution in [3.8, 4) is 0 Å². The van der Waals surface area contributed by atoms with Gasteiger partial charge in [-0.2, -0.15) is 12.6 Å². The molecule has 1 amide bonds.